The molecule has 0 saturated carbocycles. The van der Waals surface area contributed by atoms with Gasteiger partial charge in [0.25, 0.3) is 0 Å². The number of halogens is 1. The fourth-order valence-electron chi connectivity index (χ4n) is 2.30. The summed E-state index contributed by atoms with van der Waals surface area (Å²) in [6.45, 7) is 4.59. The van der Waals surface area contributed by atoms with E-state index in [1.54, 1.807) is 24.0 Å². The predicted molar refractivity (Wildman–Crippen MR) is 104 cm³/mol. The van der Waals surface area contributed by atoms with Crippen molar-refractivity contribution >= 4 is 40.9 Å². The topological polar surface area (TPSA) is 49.4 Å². The minimum atomic E-state index is -0.0849. The van der Waals surface area contributed by atoms with E-state index >= 15 is 0 Å². The van der Waals surface area contributed by atoms with Crippen LogP contribution in [-0.4, -0.2) is 29.0 Å². The van der Waals surface area contributed by atoms with Gasteiger partial charge in [-0.25, -0.2) is 0 Å². The van der Waals surface area contributed by atoms with Crippen LogP contribution in [0.4, 0.5) is 5.69 Å². The van der Waals surface area contributed by atoms with Gasteiger partial charge in [-0.15, -0.1) is 11.8 Å². The summed E-state index contributed by atoms with van der Waals surface area (Å²) < 4.78 is 0. The van der Waals surface area contributed by atoms with Crippen molar-refractivity contribution in [3.8, 4) is 0 Å². The lowest BCUT2D eigenvalue weighted by Crippen LogP contribution is -2.28. The molecule has 2 aromatic carbocycles. The third-order valence-corrected chi connectivity index (χ3v) is 4.93. The molecule has 0 heterocycles. The van der Waals surface area contributed by atoms with E-state index in [0.717, 1.165) is 16.1 Å². The van der Waals surface area contributed by atoms with E-state index in [2.05, 4.69) is 5.32 Å². The Morgan fingerprint density at radius 2 is 1.80 bits per heavy atom. The van der Waals surface area contributed by atoms with Crippen molar-refractivity contribution in [1.82, 2.24) is 4.90 Å². The first kappa shape index (κ1) is 19.3. The Kier molecular flexibility index (Phi) is 7.34. The molecule has 0 aromatic heterocycles. The molecule has 0 aliphatic carbocycles. The Morgan fingerprint density at radius 1 is 1.12 bits per heavy atom. The highest BCUT2D eigenvalue weighted by atomic mass is 35.5. The van der Waals surface area contributed by atoms with Crippen LogP contribution in [0, 0.1) is 0 Å². The fraction of sp³-hybridized carbons (Fsp3) is 0.263. The first-order valence-corrected chi connectivity index (χ1v) is 9.37. The van der Waals surface area contributed by atoms with E-state index in [-0.39, 0.29) is 11.8 Å². The van der Waals surface area contributed by atoms with Gasteiger partial charge in [0, 0.05) is 35.6 Å². The molecule has 6 heteroatoms. The van der Waals surface area contributed by atoms with Crippen molar-refractivity contribution in [2.24, 2.45) is 0 Å². The van der Waals surface area contributed by atoms with Crippen molar-refractivity contribution in [2.75, 3.05) is 17.6 Å². The van der Waals surface area contributed by atoms with Crippen LogP contribution in [-0.2, 0) is 16.1 Å². The molecule has 2 aromatic rings. The molecule has 0 unspecified atom stereocenters. The van der Waals surface area contributed by atoms with Gasteiger partial charge in [0.15, 0.2) is 0 Å². The molecular weight excluding hydrogens is 356 g/mol. The maximum Gasteiger partial charge on any atom is 0.234 e. The zero-order valence-electron chi connectivity index (χ0n) is 14.3. The van der Waals surface area contributed by atoms with E-state index in [9.17, 15) is 9.59 Å². The number of amides is 2. The lowest BCUT2D eigenvalue weighted by atomic mass is 10.1. The quantitative estimate of drug-likeness (QED) is 0.727. The van der Waals surface area contributed by atoms with Gasteiger partial charge in [0.1, 0.15) is 0 Å². The minimum absolute atomic E-state index is 0.0157. The summed E-state index contributed by atoms with van der Waals surface area (Å²) in [4.78, 5) is 26.6. The number of anilines is 1. The fourth-order valence-corrected chi connectivity index (χ4v) is 3.12. The first-order valence-electron chi connectivity index (χ1n) is 8.01. The number of carbonyl (C=O) groups excluding carboxylic acids is 2. The van der Waals surface area contributed by atoms with Crippen LogP contribution in [0.5, 0.6) is 0 Å². The van der Waals surface area contributed by atoms with Crippen LogP contribution in [0.1, 0.15) is 19.4 Å². The molecule has 0 aliphatic heterocycles. The number of carbonyl (C=O) groups is 2. The highest BCUT2D eigenvalue weighted by Gasteiger charge is 2.12. The smallest absolute Gasteiger partial charge is 0.234 e. The molecule has 0 atom stereocenters. The predicted octanol–water partition coefficient (Wildman–Crippen LogP) is 4.44. The van der Waals surface area contributed by atoms with Crippen molar-refractivity contribution in [1.29, 1.82) is 0 Å². The van der Waals surface area contributed by atoms with Crippen molar-refractivity contribution in [3.05, 3.63) is 59.1 Å². The Labute approximate surface area is 157 Å². The molecule has 2 amide bonds. The van der Waals surface area contributed by atoms with Crippen LogP contribution in [0.15, 0.2) is 53.4 Å². The summed E-state index contributed by atoms with van der Waals surface area (Å²) >= 11 is 7.31. The molecule has 0 saturated heterocycles. The van der Waals surface area contributed by atoms with Gasteiger partial charge in [-0.1, -0.05) is 29.8 Å². The average Bonchev–Trinajstić information content (AvgIpc) is 2.60. The highest BCUT2D eigenvalue weighted by molar-refractivity contribution is 8.00. The minimum Gasteiger partial charge on any atom is -0.339 e. The van der Waals surface area contributed by atoms with E-state index in [0.29, 0.717) is 23.9 Å². The second-order valence-electron chi connectivity index (χ2n) is 5.48. The van der Waals surface area contributed by atoms with E-state index in [4.69, 9.17) is 11.6 Å². The van der Waals surface area contributed by atoms with Gasteiger partial charge in [-0.05, 0) is 42.8 Å². The monoisotopic (exact) mass is 376 g/mol. The van der Waals surface area contributed by atoms with Crippen LogP contribution in [0.25, 0.3) is 0 Å². The summed E-state index contributed by atoms with van der Waals surface area (Å²) in [5.41, 5.74) is 1.66. The number of hydrogen-bond donors (Lipinski definition) is 1. The lowest BCUT2D eigenvalue weighted by molar-refractivity contribution is -0.129. The van der Waals surface area contributed by atoms with E-state index in [1.807, 2.05) is 43.3 Å². The van der Waals surface area contributed by atoms with Crippen LogP contribution in [0.2, 0.25) is 5.02 Å². The van der Waals surface area contributed by atoms with E-state index in [1.165, 1.54) is 11.8 Å². The van der Waals surface area contributed by atoms with Crippen LogP contribution < -0.4 is 5.32 Å². The normalized spacial score (nSPS) is 10.4. The molecule has 0 fully saturated rings. The number of benzene rings is 2. The average molecular weight is 377 g/mol. The molecule has 0 radical (unpaired) electrons. The maximum absolute atomic E-state index is 12.3. The number of rotatable bonds is 7. The highest BCUT2D eigenvalue weighted by Crippen LogP contribution is 2.22. The zero-order chi connectivity index (χ0) is 18.2. The largest absolute Gasteiger partial charge is 0.339 e. The third-order valence-electron chi connectivity index (χ3n) is 3.66. The lowest BCUT2D eigenvalue weighted by Gasteiger charge is -2.21. The SMILES string of the molecule is CCN(Cc1ccccc1NC(=O)CSc1ccc(Cl)cc1)C(C)=O. The van der Waals surface area contributed by atoms with Gasteiger partial charge in [0.2, 0.25) is 11.8 Å². The summed E-state index contributed by atoms with van der Waals surface area (Å²) in [7, 11) is 0. The second-order valence-corrected chi connectivity index (χ2v) is 6.97. The Bertz CT molecular complexity index is 734. The molecule has 25 heavy (non-hydrogen) atoms. The first-order chi connectivity index (χ1) is 12.0. The molecule has 2 rings (SSSR count). The van der Waals surface area contributed by atoms with Gasteiger partial charge in [-0.3, -0.25) is 9.59 Å². The number of hydrogen-bond acceptors (Lipinski definition) is 3. The summed E-state index contributed by atoms with van der Waals surface area (Å²) in [5, 5.41) is 3.61. The third kappa shape index (κ3) is 6.11. The number of nitrogens with one attached hydrogen (secondary N) is 1. The zero-order valence-corrected chi connectivity index (χ0v) is 15.9. The molecule has 4 nitrogen and oxygen atoms in total. The standard InChI is InChI=1S/C19H21ClN2O2S/c1-3-22(14(2)23)12-15-6-4-5-7-18(15)21-19(24)13-25-17-10-8-16(20)9-11-17/h4-11H,3,12-13H2,1-2H3,(H,21,24). The van der Waals surface area contributed by atoms with Crippen LogP contribution in [0.3, 0.4) is 0 Å². The number of nitrogens with zero attached hydrogens (tertiary/aromatic N) is 1. The van der Waals surface area contributed by atoms with Gasteiger partial charge >= 0.3 is 0 Å². The Hall–Kier alpha value is -1.98. The summed E-state index contributed by atoms with van der Waals surface area (Å²) in [5.74, 6) is 0.236. The molecule has 1 N–H and O–H groups in total. The van der Waals surface area contributed by atoms with Gasteiger partial charge < -0.3 is 10.2 Å². The molecule has 0 aliphatic rings. The van der Waals surface area contributed by atoms with Crippen molar-refractivity contribution < 1.29 is 9.59 Å². The molecular formula is C19H21ClN2O2S. The van der Waals surface area contributed by atoms with Crippen LogP contribution >= 0.6 is 23.4 Å². The number of thioether (sulfide) groups is 1. The summed E-state index contributed by atoms with van der Waals surface area (Å²) in [6.07, 6.45) is 0. The van der Waals surface area contributed by atoms with Crippen molar-refractivity contribution in [2.45, 2.75) is 25.3 Å². The molecule has 132 valence electrons. The maximum atomic E-state index is 12.3. The summed E-state index contributed by atoms with van der Waals surface area (Å²) in [6, 6.07) is 14.9. The Balaban J connectivity index is 1.98. The number of para-hydroxylation sites is 1. The van der Waals surface area contributed by atoms with Crippen molar-refractivity contribution in [3.63, 3.8) is 0 Å². The molecule has 0 spiro atoms. The molecule has 0 bridgehead atoms. The Morgan fingerprint density at radius 3 is 2.44 bits per heavy atom. The van der Waals surface area contributed by atoms with E-state index < -0.39 is 0 Å². The van der Waals surface area contributed by atoms with Gasteiger partial charge in [0.05, 0.1) is 5.75 Å². The van der Waals surface area contributed by atoms with Gasteiger partial charge in [-0.2, -0.15) is 0 Å². The second kappa shape index (κ2) is 9.49.